The molecule has 108 valence electrons. The van der Waals surface area contributed by atoms with Crippen molar-refractivity contribution in [1.82, 2.24) is 5.32 Å². The van der Waals surface area contributed by atoms with Crippen molar-refractivity contribution in [3.8, 4) is 0 Å². The van der Waals surface area contributed by atoms with E-state index in [-0.39, 0.29) is 0 Å². The van der Waals surface area contributed by atoms with E-state index >= 15 is 0 Å². The summed E-state index contributed by atoms with van der Waals surface area (Å²) in [5.74, 6) is 0.844. The van der Waals surface area contributed by atoms with Crippen LogP contribution in [-0.2, 0) is 0 Å². The van der Waals surface area contributed by atoms with Crippen LogP contribution in [0.15, 0.2) is 0 Å². The average molecular weight is 274 g/mol. The van der Waals surface area contributed by atoms with E-state index in [9.17, 15) is 0 Å². The topological polar surface area (TPSA) is 12.0 Å². The highest BCUT2D eigenvalue weighted by atomic mass is 35.5. The summed E-state index contributed by atoms with van der Waals surface area (Å²) in [7, 11) is 0. The molecule has 1 N–H and O–H groups in total. The number of hydrogen-bond donors (Lipinski definition) is 1. The molecule has 1 aliphatic carbocycles. The van der Waals surface area contributed by atoms with Crippen molar-refractivity contribution >= 4 is 11.6 Å². The normalized spacial score (nSPS) is 19.0. The van der Waals surface area contributed by atoms with Gasteiger partial charge in [-0.3, -0.25) is 0 Å². The number of hydrogen-bond acceptors (Lipinski definition) is 1. The maximum Gasteiger partial charge on any atom is 0.0292 e. The molecule has 1 nitrogen and oxygen atoms in total. The summed E-state index contributed by atoms with van der Waals surface area (Å²) in [4.78, 5) is 0. The van der Waals surface area contributed by atoms with Crippen LogP contribution >= 0.6 is 11.6 Å². The lowest BCUT2D eigenvalue weighted by Crippen LogP contribution is -2.38. The molecular weight excluding hydrogens is 242 g/mol. The van der Waals surface area contributed by atoms with E-state index in [2.05, 4.69) is 12.2 Å². The van der Waals surface area contributed by atoms with E-state index in [1.807, 2.05) is 0 Å². The molecule has 1 rings (SSSR count). The van der Waals surface area contributed by atoms with Crippen molar-refractivity contribution in [2.75, 3.05) is 19.0 Å². The SMILES string of the molecule is CCCCCCCCNCC1(CCl)CCCCC1. The molecule has 0 heterocycles. The number of halogens is 1. The molecule has 0 amide bonds. The van der Waals surface area contributed by atoms with Gasteiger partial charge >= 0.3 is 0 Å². The molecule has 0 aromatic rings. The van der Waals surface area contributed by atoms with Crippen molar-refractivity contribution in [2.45, 2.75) is 77.6 Å². The summed E-state index contributed by atoms with van der Waals surface area (Å²) in [6.07, 6.45) is 15.1. The van der Waals surface area contributed by atoms with Crippen LogP contribution in [0.3, 0.4) is 0 Å². The fraction of sp³-hybridized carbons (Fsp3) is 1.00. The predicted octanol–water partition coefficient (Wildman–Crippen LogP) is 5.13. The van der Waals surface area contributed by atoms with Gasteiger partial charge in [-0.2, -0.15) is 0 Å². The first-order valence-corrected chi connectivity index (χ1v) is 8.63. The van der Waals surface area contributed by atoms with Crippen LogP contribution in [0, 0.1) is 5.41 Å². The van der Waals surface area contributed by atoms with Gasteiger partial charge in [0.2, 0.25) is 0 Å². The second kappa shape index (κ2) is 10.1. The summed E-state index contributed by atoms with van der Waals surface area (Å²) in [6, 6.07) is 0. The van der Waals surface area contributed by atoms with Gasteiger partial charge in [-0.05, 0) is 31.2 Å². The third-order valence-electron chi connectivity index (χ3n) is 4.40. The first kappa shape index (κ1) is 16.3. The minimum absolute atomic E-state index is 0.419. The van der Waals surface area contributed by atoms with Crippen LogP contribution in [0.1, 0.15) is 77.6 Å². The molecule has 0 spiro atoms. The van der Waals surface area contributed by atoms with E-state index in [0.29, 0.717) is 5.41 Å². The molecule has 1 saturated carbocycles. The Kier molecular flexibility index (Phi) is 9.14. The first-order valence-electron chi connectivity index (χ1n) is 8.10. The number of alkyl halides is 1. The number of rotatable bonds is 10. The second-order valence-electron chi connectivity index (χ2n) is 6.14. The Balaban J connectivity index is 1.98. The zero-order valence-corrected chi connectivity index (χ0v) is 13.0. The van der Waals surface area contributed by atoms with Crippen LogP contribution in [0.25, 0.3) is 0 Å². The van der Waals surface area contributed by atoms with Gasteiger partial charge in [0.15, 0.2) is 0 Å². The van der Waals surface area contributed by atoms with Crippen LogP contribution in [-0.4, -0.2) is 19.0 Å². The van der Waals surface area contributed by atoms with Gasteiger partial charge in [0.1, 0.15) is 0 Å². The second-order valence-corrected chi connectivity index (χ2v) is 6.41. The minimum atomic E-state index is 0.419. The number of nitrogens with one attached hydrogen (secondary N) is 1. The van der Waals surface area contributed by atoms with Gasteiger partial charge in [0, 0.05) is 12.4 Å². The van der Waals surface area contributed by atoms with Crippen molar-refractivity contribution < 1.29 is 0 Å². The summed E-state index contributed by atoms with van der Waals surface area (Å²) in [6.45, 7) is 4.60. The fourth-order valence-corrected chi connectivity index (χ4v) is 3.41. The third kappa shape index (κ3) is 6.43. The number of unbranched alkanes of at least 4 members (excludes halogenated alkanes) is 5. The molecule has 0 bridgehead atoms. The highest BCUT2D eigenvalue weighted by molar-refractivity contribution is 6.18. The standard InChI is InChI=1S/C16H32ClN/c1-2-3-4-5-6-10-13-18-15-16(14-17)11-8-7-9-12-16/h18H,2-15H2,1H3. The van der Waals surface area contributed by atoms with Crippen molar-refractivity contribution in [2.24, 2.45) is 5.41 Å². The van der Waals surface area contributed by atoms with Crippen LogP contribution in [0.2, 0.25) is 0 Å². The molecular formula is C16H32ClN. The average Bonchev–Trinajstić information content (AvgIpc) is 2.43. The maximum atomic E-state index is 6.19. The zero-order valence-electron chi connectivity index (χ0n) is 12.3. The Morgan fingerprint density at radius 2 is 1.61 bits per heavy atom. The molecule has 0 unspecified atom stereocenters. The third-order valence-corrected chi connectivity index (χ3v) is 4.97. The first-order chi connectivity index (χ1) is 8.83. The van der Waals surface area contributed by atoms with Gasteiger partial charge in [0.05, 0.1) is 0 Å². The van der Waals surface area contributed by atoms with Gasteiger partial charge in [-0.25, -0.2) is 0 Å². The Bertz CT molecular complexity index is 188. The summed E-state index contributed by atoms with van der Waals surface area (Å²) in [5.41, 5.74) is 0.419. The maximum absolute atomic E-state index is 6.19. The summed E-state index contributed by atoms with van der Waals surface area (Å²) >= 11 is 6.19. The van der Waals surface area contributed by atoms with Crippen molar-refractivity contribution in [1.29, 1.82) is 0 Å². The molecule has 2 heteroatoms. The van der Waals surface area contributed by atoms with E-state index in [4.69, 9.17) is 11.6 Å². The zero-order chi connectivity index (χ0) is 13.1. The highest BCUT2D eigenvalue weighted by Gasteiger charge is 2.30. The fourth-order valence-electron chi connectivity index (χ4n) is 3.04. The molecule has 0 aromatic carbocycles. The van der Waals surface area contributed by atoms with Gasteiger partial charge in [-0.1, -0.05) is 58.3 Å². The predicted molar refractivity (Wildman–Crippen MR) is 82.5 cm³/mol. The van der Waals surface area contributed by atoms with Gasteiger partial charge in [-0.15, -0.1) is 11.6 Å². The molecule has 0 atom stereocenters. The summed E-state index contributed by atoms with van der Waals surface area (Å²) in [5, 5.41) is 3.65. The summed E-state index contributed by atoms with van der Waals surface area (Å²) < 4.78 is 0. The minimum Gasteiger partial charge on any atom is -0.316 e. The highest BCUT2D eigenvalue weighted by Crippen LogP contribution is 2.36. The quantitative estimate of drug-likeness (QED) is 0.430. The van der Waals surface area contributed by atoms with E-state index in [1.165, 1.54) is 77.2 Å². The van der Waals surface area contributed by atoms with Crippen LogP contribution in [0.4, 0.5) is 0 Å². The van der Waals surface area contributed by atoms with Crippen LogP contribution < -0.4 is 5.32 Å². The monoisotopic (exact) mass is 273 g/mol. The molecule has 1 aliphatic rings. The lowest BCUT2D eigenvalue weighted by atomic mass is 9.75. The lowest BCUT2D eigenvalue weighted by Gasteiger charge is -2.35. The van der Waals surface area contributed by atoms with E-state index in [1.54, 1.807) is 0 Å². The Morgan fingerprint density at radius 1 is 0.944 bits per heavy atom. The van der Waals surface area contributed by atoms with Crippen molar-refractivity contribution in [3.63, 3.8) is 0 Å². The van der Waals surface area contributed by atoms with Crippen molar-refractivity contribution in [3.05, 3.63) is 0 Å². The van der Waals surface area contributed by atoms with Crippen LogP contribution in [0.5, 0.6) is 0 Å². The Morgan fingerprint density at radius 3 is 2.28 bits per heavy atom. The van der Waals surface area contributed by atoms with E-state index < -0.39 is 0 Å². The van der Waals surface area contributed by atoms with E-state index in [0.717, 1.165) is 12.4 Å². The Hall–Kier alpha value is 0.250. The smallest absolute Gasteiger partial charge is 0.0292 e. The lowest BCUT2D eigenvalue weighted by molar-refractivity contribution is 0.212. The molecule has 1 fully saturated rings. The largest absolute Gasteiger partial charge is 0.316 e. The van der Waals surface area contributed by atoms with Gasteiger partial charge < -0.3 is 5.32 Å². The van der Waals surface area contributed by atoms with Gasteiger partial charge in [0.25, 0.3) is 0 Å². The molecule has 0 aliphatic heterocycles. The molecule has 0 radical (unpaired) electrons. The Labute approximate surface area is 119 Å². The molecule has 0 aromatic heterocycles. The molecule has 18 heavy (non-hydrogen) atoms. The molecule has 0 saturated heterocycles.